The van der Waals surface area contributed by atoms with E-state index in [1.54, 1.807) is 11.4 Å². The van der Waals surface area contributed by atoms with E-state index in [9.17, 15) is 5.11 Å². The third-order valence-corrected chi connectivity index (χ3v) is 3.59. The SMILES string of the molecule is Nc1nc(C2=Cc3cccc(Cl)c3OC2O)cs1. The standard InChI is InChI=1S/C12H9ClN2O2S/c13-8-3-1-2-6-4-7(11(16)17-10(6)8)9-5-18-12(14)15-9/h1-5,11,16H,(H2,14,15). The number of ether oxygens (including phenoxy) is 1. The average molecular weight is 281 g/mol. The number of benzene rings is 1. The summed E-state index contributed by atoms with van der Waals surface area (Å²) < 4.78 is 5.42. The molecule has 92 valence electrons. The lowest BCUT2D eigenvalue weighted by Gasteiger charge is -2.23. The summed E-state index contributed by atoms with van der Waals surface area (Å²) in [6.45, 7) is 0. The number of aliphatic hydroxyl groups is 1. The molecule has 0 bridgehead atoms. The molecule has 1 aromatic heterocycles. The minimum absolute atomic E-state index is 0.454. The summed E-state index contributed by atoms with van der Waals surface area (Å²) in [5.74, 6) is 0.485. The van der Waals surface area contributed by atoms with Crippen LogP contribution in [0.4, 0.5) is 5.13 Å². The largest absolute Gasteiger partial charge is 0.459 e. The van der Waals surface area contributed by atoms with Gasteiger partial charge in [0.1, 0.15) is 5.75 Å². The maximum Gasteiger partial charge on any atom is 0.226 e. The third kappa shape index (κ3) is 1.86. The van der Waals surface area contributed by atoms with Gasteiger partial charge in [0, 0.05) is 16.5 Å². The molecule has 2 aromatic rings. The second-order valence-electron chi connectivity index (χ2n) is 3.80. The van der Waals surface area contributed by atoms with Crippen molar-refractivity contribution in [2.24, 2.45) is 0 Å². The van der Waals surface area contributed by atoms with Crippen molar-refractivity contribution in [3.05, 3.63) is 39.9 Å². The van der Waals surface area contributed by atoms with E-state index in [0.29, 0.717) is 27.2 Å². The Hall–Kier alpha value is -1.56. The fourth-order valence-electron chi connectivity index (χ4n) is 1.80. The number of hydrogen-bond acceptors (Lipinski definition) is 5. The molecule has 0 spiro atoms. The number of aliphatic hydroxyl groups excluding tert-OH is 1. The molecule has 3 rings (SSSR count). The fraction of sp³-hybridized carbons (Fsp3) is 0.0833. The van der Waals surface area contributed by atoms with Crippen molar-refractivity contribution in [1.82, 2.24) is 4.98 Å². The minimum Gasteiger partial charge on any atom is -0.459 e. The number of anilines is 1. The Bertz CT molecular complexity index is 639. The molecule has 0 fully saturated rings. The Labute approximate surface area is 112 Å². The Morgan fingerprint density at radius 3 is 3.00 bits per heavy atom. The summed E-state index contributed by atoms with van der Waals surface area (Å²) >= 11 is 7.32. The molecule has 1 aromatic carbocycles. The van der Waals surface area contributed by atoms with Gasteiger partial charge in [-0.05, 0) is 12.1 Å². The summed E-state index contributed by atoms with van der Waals surface area (Å²) in [7, 11) is 0. The molecule has 0 amide bonds. The number of rotatable bonds is 1. The first-order valence-corrected chi connectivity index (χ1v) is 6.47. The van der Waals surface area contributed by atoms with Gasteiger partial charge in [0.05, 0.1) is 10.7 Å². The van der Waals surface area contributed by atoms with Gasteiger partial charge in [-0.3, -0.25) is 0 Å². The summed E-state index contributed by atoms with van der Waals surface area (Å²) in [4.78, 5) is 4.14. The number of fused-ring (bicyclic) bond motifs is 1. The predicted octanol–water partition coefficient (Wildman–Crippen LogP) is 2.63. The Balaban J connectivity index is 2.11. The number of thiazole rings is 1. The quantitative estimate of drug-likeness (QED) is 0.843. The Morgan fingerprint density at radius 2 is 2.28 bits per heavy atom. The van der Waals surface area contributed by atoms with Crippen molar-refractivity contribution < 1.29 is 9.84 Å². The van der Waals surface area contributed by atoms with Crippen LogP contribution in [0.5, 0.6) is 5.75 Å². The highest BCUT2D eigenvalue weighted by Gasteiger charge is 2.24. The van der Waals surface area contributed by atoms with Gasteiger partial charge in [-0.1, -0.05) is 23.7 Å². The van der Waals surface area contributed by atoms with Gasteiger partial charge in [-0.2, -0.15) is 0 Å². The van der Waals surface area contributed by atoms with Crippen LogP contribution in [0.1, 0.15) is 11.3 Å². The average Bonchev–Trinajstić information content (AvgIpc) is 2.76. The van der Waals surface area contributed by atoms with Gasteiger partial charge in [0.15, 0.2) is 5.13 Å². The minimum atomic E-state index is -1.08. The van der Waals surface area contributed by atoms with Crippen LogP contribution in [-0.2, 0) is 0 Å². The molecule has 2 heterocycles. The molecule has 1 aliphatic rings. The number of para-hydroxylation sites is 1. The summed E-state index contributed by atoms with van der Waals surface area (Å²) in [6.07, 6.45) is 0.725. The highest BCUT2D eigenvalue weighted by Crippen LogP contribution is 2.38. The van der Waals surface area contributed by atoms with E-state index in [2.05, 4.69) is 4.98 Å². The molecule has 1 atom stereocenters. The van der Waals surface area contributed by atoms with Crippen molar-refractivity contribution in [2.45, 2.75) is 6.29 Å². The van der Waals surface area contributed by atoms with Crippen LogP contribution in [0.15, 0.2) is 23.6 Å². The maximum atomic E-state index is 9.98. The lowest BCUT2D eigenvalue weighted by molar-refractivity contribution is 0.0319. The van der Waals surface area contributed by atoms with E-state index in [0.717, 1.165) is 5.56 Å². The fourth-order valence-corrected chi connectivity index (χ4v) is 2.60. The van der Waals surface area contributed by atoms with Gasteiger partial charge in [-0.15, -0.1) is 11.3 Å². The Kier molecular flexibility index (Phi) is 2.74. The third-order valence-electron chi connectivity index (χ3n) is 2.62. The summed E-state index contributed by atoms with van der Waals surface area (Å²) in [5, 5.41) is 12.7. The van der Waals surface area contributed by atoms with Crippen molar-refractivity contribution in [3.8, 4) is 5.75 Å². The summed E-state index contributed by atoms with van der Waals surface area (Å²) in [6, 6.07) is 5.40. The van der Waals surface area contributed by atoms with Gasteiger partial charge in [0.2, 0.25) is 6.29 Å². The van der Waals surface area contributed by atoms with Gasteiger partial charge >= 0.3 is 0 Å². The number of aromatic nitrogens is 1. The first-order chi connectivity index (χ1) is 8.65. The number of halogens is 1. The molecule has 0 saturated carbocycles. The van der Waals surface area contributed by atoms with Crippen LogP contribution < -0.4 is 10.5 Å². The van der Waals surface area contributed by atoms with Crippen LogP contribution in [0.3, 0.4) is 0 Å². The highest BCUT2D eigenvalue weighted by molar-refractivity contribution is 7.13. The predicted molar refractivity (Wildman–Crippen MR) is 72.5 cm³/mol. The molecule has 18 heavy (non-hydrogen) atoms. The molecule has 0 aliphatic carbocycles. The number of nitrogen functional groups attached to an aromatic ring is 1. The van der Waals surface area contributed by atoms with Crippen molar-refractivity contribution in [3.63, 3.8) is 0 Å². The topological polar surface area (TPSA) is 68.4 Å². The molecule has 3 N–H and O–H groups in total. The van der Waals surface area contributed by atoms with E-state index >= 15 is 0 Å². The van der Waals surface area contributed by atoms with E-state index in [1.807, 2.05) is 18.2 Å². The summed E-state index contributed by atoms with van der Waals surface area (Å²) in [5.41, 5.74) is 7.60. The molecule has 6 heteroatoms. The second kappa shape index (κ2) is 4.28. The molecule has 0 saturated heterocycles. The van der Waals surface area contributed by atoms with Gasteiger partial charge in [0.25, 0.3) is 0 Å². The molecule has 1 aliphatic heterocycles. The number of hydrogen-bond donors (Lipinski definition) is 2. The second-order valence-corrected chi connectivity index (χ2v) is 5.10. The molecular weight excluding hydrogens is 272 g/mol. The zero-order valence-electron chi connectivity index (χ0n) is 9.13. The van der Waals surface area contributed by atoms with Gasteiger partial charge < -0.3 is 15.6 Å². The van der Waals surface area contributed by atoms with Crippen molar-refractivity contribution in [1.29, 1.82) is 0 Å². The molecule has 1 unspecified atom stereocenters. The number of nitrogens with zero attached hydrogens (tertiary/aromatic N) is 1. The van der Waals surface area contributed by atoms with E-state index in [4.69, 9.17) is 22.1 Å². The zero-order valence-corrected chi connectivity index (χ0v) is 10.7. The normalized spacial score (nSPS) is 17.9. The van der Waals surface area contributed by atoms with Gasteiger partial charge in [-0.25, -0.2) is 4.98 Å². The van der Waals surface area contributed by atoms with Crippen molar-refractivity contribution >= 4 is 39.7 Å². The van der Waals surface area contributed by atoms with E-state index in [1.165, 1.54) is 11.3 Å². The van der Waals surface area contributed by atoms with Crippen LogP contribution in [0.25, 0.3) is 11.6 Å². The van der Waals surface area contributed by atoms with Crippen LogP contribution in [-0.4, -0.2) is 16.4 Å². The molecule has 0 radical (unpaired) electrons. The van der Waals surface area contributed by atoms with E-state index in [-0.39, 0.29) is 0 Å². The van der Waals surface area contributed by atoms with Crippen LogP contribution >= 0.6 is 22.9 Å². The Morgan fingerprint density at radius 1 is 1.44 bits per heavy atom. The highest BCUT2D eigenvalue weighted by atomic mass is 35.5. The lowest BCUT2D eigenvalue weighted by Crippen LogP contribution is -2.21. The maximum absolute atomic E-state index is 9.98. The van der Waals surface area contributed by atoms with Crippen molar-refractivity contribution in [2.75, 3.05) is 5.73 Å². The first kappa shape index (κ1) is 11.5. The van der Waals surface area contributed by atoms with Crippen LogP contribution in [0.2, 0.25) is 5.02 Å². The van der Waals surface area contributed by atoms with Crippen LogP contribution in [0, 0.1) is 0 Å². The van der Waals surface area contributed by atoms with E-state index < -0.39 is 6.29 Å². The molecular formula is C12H9ClN2O2S. The number of nitrogens with two attached hydrogens (primary N) is 1. The first-order valence-electron chi connectivity index (χ1n) is 5.21. The smallest absolute Gasteiger partial charge is 0.226 e. The molecule has 4 nitrogen and oxygen atoms in total. The lowest BCUT2D eigenvalue weighted by atomic mass is 10.0. The zero-order chi connectivity index (χ0) is 12.7. The monoisotopic (exact) mass is 280 g/mol.